The lowest BCUT2D eigenvalue weighted by molar-refractivity contribution is -0.148. The van der Waals surface area contributed by atoms with E-state index in [0.29, 0.717) is 19.5 Å². The molecule has 82 valence electrons. The third-order valence-corrected chi connectivity index (χ3v) is 2.20. The predicted molar refractivity (Wildman–Crippen MR) is 44.5 cm³/mol. The minimum Gasteiger partial charge on any atom is -0.341 e. The molecular formula is C8H13F3N2O. The van der Waals surface area contributed by atoms with Crippen LogP contribution < -0.4 is 5.73 Å². The fourth-order valence-corrected chi connectivity index (χ4v) is 1.42. The van der Waals surface area contributed by atoms with Crippen LogP contribution in [-0.4, -0.2) is 36.1 Å². The highest BCUT2D eigenvalue weighted by Crippen LogP contribution is 2.22. The maximum absolute atomic E-state index is 11.8. The number of halogens is 3. The normalized spacial score (nSPS) is 22.9. The molecule has 2 N–H and O–H groups in total. The van der Waals surface area contributed by atoms with E-state index in [1.54, 1.807) is 0 Å². The molecule has 0 bridgehead atoms. The van der Waals surface area contributed by atoms with E-state index < -0.39 is 24.9 Å². The van der Waals surface area contributed by atoms with Gasteiger partial charge >= 0.3 is 6.18 Å². The number of hydrogen-bond acceptors (Lipinski definition) is 2. The zero-order chi connectivity index (χ0) is 10.8. The Labute approximate surface area is 80.0 Å². The Morgan fingerprint density at radius 3 is 2.57 bits per heavy atom. The van der Waals surface area contributed by atoms with Gasteiger partial charge in [-0.15, -0.1) is 0 Å². The van der Waals surface area contributed by atoms with Crippen LogP contribution in [-0.2, 0) is 4.79 Å². The lowest BCUT2D eigenvalue weighted by atomic mass is 10.3. The monoisotopic (exact) mass is 210 g/mol. The van der Waals surface area contributed by atoms with Crippen LogP contribution in [0.25, 0.3) is 0 Å². The van der Waals surface area contributed by atoms with Crippen LogP contribution in [0.5, 0.6) is 0 Å². The average Bonchev–Trinajstić information content (AvgIpc) is 2.46. The number of alkyl halides is 3. The van der Waals surface area contributed by atoms with Crippen LogP contribution in [0.1, 0.15) is 19.3 Å². The van der Waals surface area contributed by atoms with Crippen LogP contribution in [0.4, 0.5) is 13.2 Å². The topological polar surface area (TPSA) is 46.3 Å². The first-order valence-electron chi connectivity index (χ1n) is 4.48. The molecule has 1 saturated heterocycles. The molecule has 0 aromatic heterocycles. The second-order valence-electron chi connectivity index (χ2n) is 3.50. The molecule has 3 nitrogen and oxygen atoms in total. The molecule has 1 fully saturated rings. The smallest absolute Gasteiger partial charge is 0.341 e. The van der Waals surface area contributed by atoms with Crippen LogP contribution in [0.2, 0.25) is 0 Å². The summed E-state index contributed by atoms with van der Waals surface area (Å²) in [5.74, 6) is -0.449. The molecule has 0 spiro atoms. The molecule has 0 aromatic rings. The van der Waals surface area contributed by atoms with E-state index in [1.165, 1.54) is 4.90 Å². The third kappa shape index (κ3) is 3.53. The molecule has 0 aliphatic carbocycles. The highest BCUT2D eigenvalue weighted by atomic mass is 19.4. The minimum atomic E-state index is -4.25. The quantitative estimate of drug-likeness (QED) is 0.735. The first kappa shape index (κ1) is 11.3. The molecule has 1 aliphatic heterocycles. The average molecular weight is 210 g/mol. The summed E-state index contributed by atoms with van der Waals surface area (Å²) < 4.78 is 35.4. The zero-order valence-electron chi connectivity index (χ0n) is 7.68. The lowest BCUT2D eigenvalue weighted by Crippen LogP contribution is -2.32. The summed E-state index contributed by atoms with van der Waals surface area (Å²) in [5.41, 5.74) is 5.53. The Morgan fingerprint density at radius 2 is 2.14 bits per heavy atom. The number of likely N-dealkylation sites (tertiary alicyclic amines) is 1. The van der Waals surface area contributed by atoms with Crippen molar-refractivity contribution in [3.05, 3.63) is 0 Å². The summed E-state index contributed by atoms with van der Waals surface area (Å²) in [5, 5.41) is 0. The summed E-state index contributed by atoms with van der Waals surface area (Å²) in [4.78, 5) is 12.6. The van der Waals surface area contributed by atoms with Gasteiger partial charge in [0, 0.05) is 25.6 Å². The van der Waals surface area contributed by atoms with Gasteiger partial charge in [0.25, 0.3) is 0 Å². The Kier molecular flexibility index (Phi) is 3.36. The Morgan fingerprint density at radius 1 is 1.50 bits per heavy atom. The van der Waals surface area contributed by atoms with Crippen molar-refractivity contribution in [3.8, 4) is 0 Å². The highest BCUT2D eigenvalue weighted by molar-refractivity contribution is 5.76. The molecule has 1 aliphatic rings. The fourth-order valence-electron chi connectivity index (χ4n) is 1.42. The van der Waals surface area contributed by atoms with Gasteiger partial charge < -0.3 is 10.6 Å². The zero-order valence-corrected chi connectivity index (χ0v) is 7.68. The Balaban J connectivity index is 2.29. The second-order valence-corrected chi connectivity index (χ2v) is 3.50. The van der Waals surface area contributed by atoms with E-state index in [-0.39, 0.29) is 6.04 Å². The van der Waals surface area contributed by atoms with Crippen molar-refractivity contribution in [2.24, 2.45) is 5.73 Å². The maximum atomic E-state index is 11.8. The number of amides is 1. The third-order valence-electron chi connectivity index (χ3n) is 2.20. The Bertz CT molecular complexity index is 217. The number of carbonyl (C=O) groups is 1. The first-order chi connectivity index (χ1) is 6.38. The summed E-state index contributed by atoms with van der Waals surface area (Å²) >= 11 is 0. The molecule has 1 heterocycles. The van der Waals surface area contributed by atoms with Gasteiger partial charge in [-0.2, -0.15) is 13.2 Å². The van der Waals surface area contributed by atoms with Crippen LogP contribution in [0.3, 0.4) is 0 Å². The lowest BCUT2D eigenvalue weighted by Gasteiger charge is -2.16. The van der Waals surface area contributed by atoms with Gasteiger partial charge in [-0.3, -0.25) is 4.79 Å². The van der Waals surface area contributed by atoms with E-state index in [4.69, 9.17) is 5.73 Å². The van der Waals surface area contributed by atoms with E-state index in [1.807, 2.05) is 0 Å². The highest BCUT2D eigenvalue weighted by Gasteiger charge is 2.30. The predicted octanol–water partition coefficient (Wildman–Crippen LogP) is 0.888. The number of nitrogens with zero attached hydrogens (tertiary/aromatic N) is 1. The van der Waals surface area contributed by atoms with E-state index in [0.717, 1.165) is 0 Å². The van der Waals surface area contributed by atoms with Gasteiger partial charge in [0.2, 0.25) is 5.91 Å². The van der Waals surface area contributed by atoms with Crippen LogP contribution >= 0.6 is 0 Å². The summed E-state index contributed by atoms with van der Waals surface area (Å²) in [6, 6.07) is -0.0789. The molecule has 1 amide bonds. The van der Waals surface area contributed by atoms with Crippen LogP contribution in [0, 0.1) is 0 Å². The summed E-state index contributed by atoms with van der Waals surface area (Å²) in [6.45, 7) is 0.870. The number of carbonyl (C=O) groups excluding carboxylic acids is 1. The molecule has 0 radical (unpaired) electrons. The van der Waals surface area contributed by atoms with Gasteiger partial charge in [-0.1, -0.05) is 0 Å². The van der Waals surface area contributed by atoms with E-state index in [2.05, 4.69) is 0 Å². The molecule has 1 rings (SSSR count). The van der Waals surface area contributed by atoms with Gasteiger partial charge in [0.05, 0.1) is 6.42 Å². The van der Waals surface area contributed by atoms with Crippen molar-refractivity contribution in [3.63, 3.8) is 0 Å². The van der Waals surface area contributed by atoms with Crippen molar-refractivity contribution in [1.82, 2.24) is 4.90 Å². The largest absolute Gasteiger partial charge is 0.389 e. The molecular weight excluding hydrogens is 197 g/mol. The van der Waals surface area contributed by atoms with Gasteiger partial charge in [0.1, 0.15) is 0 Å². The van der Waals surface area contributed by atoms with E-state index >= 15 is 0 Å². The van der Waals surface area contributed by atoms with Gasteiger partial charge in [0.15, 0.2) is 0 Å². The maximum Gasteiger partial charge on any atom is 0.389 e. The molecule has 0 aromatic carbocycles. The second kappa shape index (κ2) is 4.16. The molecule has 1 unspecified atom stereocenters. The van der Waals surface area contributed by atoms with Gasteiger partial charge in [-0.25, -0.2) is 0 Å². The molecule has 0 saturated carbocycles. The minimum absolute atomic E-state index is 0.0789. The van der Waals surface area contributed by atoms with Crippen molar-refractivity contribution in [1.29, 1.82) is 0 Å². The fraction of sp³-hybridized carbons (Fsp3) is 0.875. The van der Waals surface area contributed by atoms with Crippen molar-refractivity contribution in [2.45, 2.75) is 31.5 Å². The molecule has 1 atom stereocenters. The SMILES string of the molecule is NC1CCN(C(=O)CCC(F)(F)F)C1. The van der Waals surface area contributed by atoms with Crippen molar-refractivity contribution in [2.75, 3.05) is 13.1 Å². The van der Waals surface area contributed by atoms with Gasteiger partial charge in [-0.05, 0) is 6.42 Å². The first-order valence-corrected chi connectivity index (χ1v) is 4.48. The number of rotatable bonds is 2. The van der Waals surface area contributed by atoms with Crippen molar-refractivity contribution >= 4 is 5.91 Å². The number of nitrogens with two attached hydrogens (primary N) is 1. The van der Waals surface area contributed by atoms with Crippen molar-refractivity contribution < 1.29 is 18.0 Å². The number of hydrogen-bond donors (Lipinski definition) is 1. The summed E-state index contributed by atoms with van der Waals surface area (Å²) in [6.07, 6.45) is -5.08. The molecule has 6 heteroatoms. The summed E-state index contributed by atoms with van der Waals surface area (Å²) in [7, 11) is 0. The van der Waals surface area contributed by atoms with E-state index in [9.17, 15) is 18.0 Å². The standard InChI is InChI=1S/C8H13F3N2O/c9-8(10,11)3-1-7(14)13-4-2-6(12)5-13/h6H,1-5,12H2. The van der Waals surface area contributed by atoms with Crippen LogP contribution in [0.15, 0.2) is 0 Å². The molecule has 14 heavy (non-hydrogen) atoms. The Hall–Kier alpha value is -0.780.